The van der Waals surface area contributed by atoms with Gasteiger partial charge in [-0.1, -0.05) is 12.1 Å². The molecule has 0 amide bonds. The summed E-state index contributed by atoms with van der Waals surface area (Å²) in [6.07, 6.45) is 1.38. The second kappa shape index (κ2) is 5.56. The van der Waals surface area contributed by atoms with Crippen LogP contribution in [0.25, 0.3) is 0 Å². The zero-order valence-electron chi connectivity index (χ0n) is 11.3. The number of aryl methyl sites for hydroxylation is 2. The molecule has 2 rings (SSSR count). The lowest BCUT2D eigenvalue weighted by molar-refractivity contribution is 0.325. The second-order valence-electron chi connectivity index (χ2n) is 4.20. The fourth-order valence-electron chi connectivity index (χ4n) is 1.62. The van der Waals surface area contributed by atoms with E-state index in [9.17, 15) is 0 Å². The first-order valence-corrected chi connectivity index (χ1v) is 6.10. The van der Waals surface area contributed by atoms with Gasteiger partial charge in [0.15, 0.2) is 5.69 Å². The SMILES string of the molecule is CCOc1ncnc(Oc2cc(C)ccc2C)c1N. The summed E-state index contributed by atoms with van der Waals surface area (Å²) in [7, 11) is 0. The van der Waals surface area contributed by atoms with E-state index >= 15 is 0 Å². The van der Waals surface area contributed by atoms with E-state index < -0.39 is 0 Å². The van der Waals surface area contributed by atoms with Crippen LogP contribution in [-0.4, -0.2) is 16.6 Å². The number of anilines is 1. The maximum Gasteiger partial charge on any atom is 0.249 e. The zero-order chi connectivity index (χ0) is 13.8. The molecule has 1 aromatic carbocycles. The standard InChI is InChI=1S/C14H17N3O2/c1-4-18-13-12(15)14(17-8-16-13)19-11-7-9(2)5-6-10(11)3/h5-8H,4,15H2,1-3H3. The summed E-state index contributed by atoms with van der Waals surface area (Å²) in [5, 5.41) is 0. The monoisotopic (exact) mass is 259 g/mol. The molecule has 100 valence electrons. The molecule has 0 unspecified atom stereocenters. The largest absolute Gasteiger partial charge is 0.476 e. The van der Waals surface area contributed by atoms with Crippen LogP contribution in [0.3, 0.4) is 0 Å². The molecule has 0 bridgehead atoms. The number of nitrogens with zero attached hydrogens (tertiary/aromatic N) is 2. The minimum atomic E-state index is 0.310. The van der Waals surface area contributed by atoms with Gasteiger partial charge in [0.2, 0.25) is 11.8 Å². The number of hydrogen-bond donors (Lipinski definition) is 1. The molecule has 5 nitrogen and oxygen atoms in total. The van der Waals surface area contributed by atoms with E-state index in [2.05, 4.69) is 9.97 Å². The third-order valence-corrected chi connectivity index (χ3v) is 2.64. The van der Waals surface area contributed by atoms with E-state index in [-0.39, 0.29) is 0 Å². The van der Waals surface area contributed by atoms with Crippen LogP contribution in [0.1, 0.15) is 18.1 Å². The molecule has 19 heavy (non-hydrogen) atoms. The maximum atomic E-state index is 5.93. The van der Waals surface area contributed by atoms with Gasteiger partial charge in [0.25, 0.3) is 0 Å². The first kappa shape index (κ1) is 13.1. The van der Waals surface area contributed by atoms with E-state index in [1.54, 1.807) is 0 Å². The van der Waals surface area contributed by atoms with Gasteiger partial charge >= 0.3 is 0 Å². The summed E-state index contributed by atoms with van der Waals surface area (Å²) in [4.78, 5) is 8.02. The molecule has 0 aliphatic rings. The molecule has 2 N–H and O–H groups in total. The van der Waals surface area contributed by atoms with Crippen LogP contribution < -0.4 is 15.2 Å². The summed E-state index contributed by atoms with van der Waals surface area (Å²) < 4.78 is 11.1. The fraction of sp³-hybridized carbons (Fsp3) is 0.286. The molecular weight excluding hydrogens is 242 g/mol. The Hall–Kier alpha value is -2.30. The van der Waals surface area contributed by atoms with Crippen LogP contribution in [0.4, 0.5) is 5.69 Å². The number of benzene rings is 1. The number of hydrogen-bond acceptors (Lipinski definition) is 5. The summed E-state index contributed by atoms with van der Waals surface area (Å²) in [5.74, 6) is 1.39. The Morgan fingerprint density at radius 2 is 1.89 bits per heavy atom. The second-order valence-corrected chi connectivity index (χ2v) is 4.20. The van der Waals surface area contributed by atoms with Gasteiger partial charge in [0, 0.05) is 0 Å². The lowest BCUT2D eigenvalue weighted by atomic mass is 10.1. The number of nitrogens with two attached hydrogens (primary N) is 1. The number of aromatic nitrogens is 2. The number of rotatable bonds is 4. The van der Waals surface area contributed by atoms with Crippen molar-refractivity contribution in [1.29, 1.82) is 0 Å². The van der Waals surface area contributed by atoms with Crippen molar-refractivity contribution in [2.45, 2.75) is 20.8 Å². The highest BCUT2D eigenvalue weighted by molar-refractivity contribution is 5.57. The number of ether oxygens (including phenoxy) is 2. The van der Waals surface area contributed by atoms with Crippen LogP contribution in [0, 0.1) is 13.8 Å². The molecule has 1 heterocycles. The Bertz CT molecular complexity index is 585. The average Bonchev–Trinajstić information content (AvgIpc) is 2.39. The minimum absolute atomic E-state index is 0.310. The average molecular weight is 259 g/mol. The first-order chi connectivity index (χ1) is 9.11. The first-order valence-electron chi connectivity index (χ1n) is 6.10. The van der Waals surface area contributed by atoms with Crippen molar-refractivity contribution in [3.63, 3.8) is 0 Å². The number of nitrogen functional groups attached to an aromatic ring is 1. The third-order valence-electron chi connectivity index (χ3n) is 2.64. The molecule has 0 spiro atoms. The van der Waals surface area contributed by atoms with E-state index in [4.69, 9.17) is 15.2 Å². The Labute approximate surface area is 112 Å². The van der Waals surface area contributed by atoms with Crippen molar-refractivity contribution < 1.29 is 9.47 Å². The Morgan fingerprint density at radius 3 is 2.63 bits per heavy atom. The van der Waals surface area contributed by atoms with Gasteiger partial charge in [-0.3, -0.25) is 0 Å². The van der Waals surface area contributed by atoms with Crippen molar-refractivity contribution >= 4 is 5.69 Å². The molecule has 1 aromatic heterocycles. The molecule has 0 atom stereocenters. The fourth-order valence-corrected chi connectivity index (χ4v) is 1.62. The predicted molar refractivity (Wildman–Crippen MR) is 73.6 cm³/mol. The van der Waals surface area contributed by atoms with Crippen molar-refractivity contribution in [2.75, 3.05) is 12.3 Å². The highest BCUT2D eigenvalue weighted by Crippen LogP contribution is 2.32. The van der Waals surface area contributed by atoms with Crippen LogP contribution in [0.2, 0.25) is 0 Å². The lowest BCUT2D eigenvalue weighted by Gasteiger charge is -2.12. The maximum absolute atomic E-state index is 5.93. The van der Waals surface area contributed by atoms with Gasteiger partial charge < -0.3 is 15.2 Å². The molecular formula is C14H17N3O2. The van der Waals surface area contributed by atoms with Crippen LogP contribution in [0.5, 0.6) is 17.5 Å². The van der Waals surface area contributed by atoms with Crippen molar-refractivity contribution in [3.8, 4) is 17.5 Å². The quantitative estimate of drug-likeness (QED) is 0.914. The predicted octanol–water partition coefficient (Wildman–Crippen LogP) is 2.87. The minimum Gasteiger partial charge on any atom is -0.476 e. The van der Waals surface area contributed by atoms with Crippen LogP contribution >= 0.6 is 0 Å². The molecule has 0 saturated heterocycles. The summed E-state index contributed by atoms with van der Waals surface area (Å²) in [5.41, 5.74) is 8.37. The van der Waals surface area contributed by atoms with E-state index in [1.807, 2.05) is 39.0 Å². The van der Waals surface area contributed by atoms with Gasteiger partial charge in [0.05, 0.1) is 6.61 Å². The lowest BCUT2D eigenvalue weighted by Crippen LogP contribution is -2.03. The van der Waals surface area contributed by atoms with Gasteiger partial charge in [-0.25, -0.2) is 0 Å². The van der Waals surface area contributed by atoms with E-state index in [0.29, 0.717) is 24.1 Å². The Kier molecular flexibility index (Phi) is 3.85. The summed E-state index contributed by atoms with van der Waals surface area (Å²) in [6, 6.07) is 5.96. The summed E-state index contributed by atoms with van der Waals surface area (Å²) >= 11 is 0. The molecule has 0 fully saturated rings. The van der Waals surface area contributed by atoms with Gasteiger partial charge in [0.1, 0.15) is 12.1 Å². The van der Waals surface area contributed by atoms with Gasteiger partial charge in [-0.2, -0.15) is 9.97 Å². The summed E-state index contributed by atoms with van der Waals surface area (Å²) in [6.45, 7) is 6.33. The van der Waals surface area contributed by atoms with Crippen molar-refractivity contribution in [1.82, 2.24) is 9.97 Å². The molecule has 0 aliphatic carbocycles. The Morgan fingerprint density at radius 1 is 1.16 bits per heavy atom. The third kappa shape index (κ3) is 2.93. The molecule has 2 aromatic rings. The Balaban J connectivity index is 2.33. The van der Waals surface area contributed by atoms with E-state index in [0.717, 1.165) is 16.9 Å². The van der Waals surface area contributed by atoms with Crippen LogP contribution in [-0.2, 0) is 0 Å². The molecule has 0 radical (unpaired) electrons. The topological polar surface area (TPSA) is 70.3 Å². The van der Waals surface area contributed by atoms with E-state index in [1.165, 1.54) is 6.33 Å². The van der Waals surface area contributed by atoms with Crippen molar-refractivity contribution in [2.24, 2.45) is 0 Å². The van der Waals surface area contributed by atoms with Gasteiger partial charge in [-0.05, 0) is 38.0 Å². The molecule has 0 saturated carbocycles. The zero-order valence-corrected chi connectivity index (χ0v) is 11.3. The molecule has 0 aliphatic heterocycles. The van der Waals surface area contributed by atoms with Gasteiger partial charge in [-0.15, -0.1) is 0 Å². The highest BCUT2D eigenvalue weighted by Gasteiger charge is 2.12. The normalized spacial score (nSPS) is 10.3. The van der Waals surface area contributed by atoms with Crippen LogP contribution in [0.15, 0.2) is 24.5 Å². The smallest absolute Gasteiger partial charge is 0.249 e. The molecule has 5 heteroatoms. The van der Waals surface area contributed by atoms with Crippen molar-refractivity contribution in [3.05, 3.63) is 35.7 Å². The highest BCUT2D eigenvalue weighted by atomic mass is 16.5.